The van der Waals surface area contributed by atoms with E-state index in [0.29, 0.717) is 5.82 Å². The van der Waals surface area contributed by atoms with Gasteiger partial charge in [-0.15, -0.1) is 0 Å². The molecule has 0 amide bonds. The highest BCUT2D eigenvalue weighted by molar-refractivity contribution is 7.10. The summed E-state index contributed by atoms with van der Waals surface area (Å²) in [4.78, 5) is 0. The Kier molecular flexibility index (Phi) is 2.08. The summed E-state index contributed by atoms with van der Waals surface area (Å²) in [6.45, 7) is 0. The summed E-state index contributed by atoms with van der Waals surface area (Å²) in [7, 11) is 3.83. The van der Waals surface area contributed by atoms with Crippen molar-refractivity contribution in [3.8, 4) is 0 Å². The fourth-order valence-electron chi connectivity index (χ4n) is 0.562. The van der Waals surface area contributed by atoms with Crippen LogP contribution in [0.25, 0.3) is 0 Å². The van der Waals surface area contributed by atoms with Crippen molar-refractivity contribution in [1.82, 2.24) is 9.38 Å². The lowest BCUT2D eigenvalue weighted by Gasteiger charge is -2.09. The molecule has 0 aromatic carbocycles. The molecule has 0 saturated carbocycles. The molecule has 4 nitrogen and oxygen atoms in total. The van der Waals surface area contributed by atoms with Gasteiger partial charge in [0.1, 0.15) is 10.8 Å². The third-order valence-corrected chi connectivity index (χ3v) is 1.57. The summed E-state index contributed by atoms with van der Waals surface area (Å²) in [6.07, 6.45) is 0. The first-order chi connectivity index (χ1) is 4.68. The van der Waals surface area contributed by atoms with Crippen LogP contribution in [0.4, 0.5) is 10.8 Å². The van der Waals surface area contributed by atoms with Crippen molar-refractivity contribution in [2.75, 3.05) is 25.3 Å². The molecule has 56 valence electrons. The molecular weight excluding hydrogens is 148 g/mol. The number of aromatic nitrogens is 1. The quantitative estimate of drug-likeness (QED) is 0.619. The zero-order valence-corrected chi connectivity index (χ0v) is 6.77. The first-order valence-corrected chi connectivity index (χ1v) is 3.62. The Bertz CT molecular complexity index is 207. The van der Waals surface area contributed by atoms with Gasteiger partial charge in [0.05, 0.1) is 0 Å². The lowest BCUT2D eigenvalue weighted by atomic mass is 10.6. The predicted molar refractivity (Wildman–Crippen MR) is 43.8 cm³/mol. The molecule has 1 heterocycles. The smallest absolute Gasteiger partial charge is 0.139 e. The predicted octanol–water partition coefficient (Wildman–Crippen LogP) is 0.614. The van der Waals surface area contributed by atoms with Crippen molar-refractivity contribution in [3.05, 3.63) is 6.07 Å². The number of nitrogen functional groups attached to an aromatic ring is 1. The SMILES string of the molecule is CN(C)Nc1cc(N)ns1. The second-order valence-corrected chi connectivity index (χ2v) is 2.93. The number of nitrogens with one attached hydrogen (secondary N) is 1. The fraction of sp³-hybridized carbons (Fsp3) is 0.400. The number of anilines is 2. The van der Waals surface area contributed by atoms with Crippen LogP contribution in [0.15, 0.2) is 6.07 Å². The van der Waals surface area contributed by atoms with E-state index < -0.39 is 0 Å². The molecule has 5 heteroatoms. The maximum Gasteiger partial charge on any atom is 0.139 e. The molecule has 0 aliphatic carbocycles. The lowest BCUT2D eigenvalue weighted by Crippen LogP contribution is -2.18. The van der Waals surface area contributed by atoms with Crippen molar-refractivity contribution < 1.29 is 0 Å². The summed E-state index contributed by atoms with van der Waals surface area (Å²) in [5, 5.41) is 2.80. The molecule has 0 saturated heterocycles. The van der Waals surface area contributed by atoms with Crippen LogP contribution in [0.2, 0.25) is 0 Å². The molecule has 0 fully saturated rings. The van der Waals surface area contributed by atoms with E-state index in [0.717, 1.165) is 5.00 Å². The van der Waals surface area contributed by atoms with Gasteiger partial charge in [0.15, 0.2) is 0 Å². The van der Waals surface area contributed by atoms with Crippen LogP contribution >= 0.6 is 11.5 Å². The van der Waals surface area contributed by atoms with E-state index in [2.05, 4.69) is 9.80 Å². The highest BCUT2D eigenvalue weighted by Crippen LogP contribution is 2.16. The van der Waals surface area contributed by atoms with E-state index in [9.17, 15) is 0 Å². The van der Waals surface area contributed by atoms with Crippen molar-refractivity contribution in [3.63, 3.8) is 0 Å². The molecule has 10 heavy (non-hydrogen) atoms. The van der Waals surface area contributed by atoms with Gasteiger partial charge in [0.25, 0.3) is 0 Å². The number of nitrogens with two attached hydrogens (primary N) is 1. The lowest BCUT2D eigenvalue weighted by molar-refractivity contribution is 0.497. The number of nitrogens with zero attached hydrogens (tertiary/aromatic N) is 2. The first kappa shape index (κ1) is 7.30. The topological polar surface area (TPSA) is 54.2 Å². The van der Waals surface area contributed by atoms with Crippen LogP contribution in [-0.4, -0.2) is 23.5 Å². The number of rotatable bonds is 2. The molecule has 0 aliphatic rings. The zero-order valence-electron chi connectivity index (χ0n) is 5.96. The zero-order chi connectivity index (χ0) is 7.56. The molecule has 0 spiro atoms. The van der Waals surface area contributed by atoms with Crippen LogP contribution < -0.4 is 11.2 Å². The summed E-state index contributed by atoms with van der Waals surface area (Å²) in [6, 6.07) is 1.80. The van der Waals surface area contributed by atoms with Crippen LogP contribution in [-0.2, 0) is 0 Å². The highest BCUT2D eigenvalue weighted by atomic mass is 32.1. The van der Waals surface area contributed by atoms with Gasteiger partial charge >= 0.3 is 0 Å². The number of hydrazine groups is 1. The van der Waals surface area contributed by atoms with Gasteiger partial charge in [0.2, 0.25) is 0 Å². The largest absolute Gasteiger partial charge is 0.383 e. The van der Waals surface area contributed by atoms with Gasteiger partial charge in [-0.05, 0) is 11.5 Å². The standard InChI is InChI=1S/C5H10N4S/c1-9(2)7-5-3-4(6)8-10-5/h3,7H,1-2H3,(H2,6,8). The first-order valence-electron chi connectivity index (χ1n) is 2.84. The van der Waals surface area contributed by atoms with Gasteiger partial charge in [0, 0.05) is 20.2 Å². The second-order valence-electron chi connectivity index (χ2n) is 2.12. The number of hydrogen-bond donors (Lipinski definition) is 2. The Morgan fingerprint density at radius 1 is 1.70 bits per heavy atom. The van der Waals surface area contributed by atoms with Gasteiger partial charge in [-0.1, -0.05) is 0 Å². The van der Waals surface area contributed by atoms with Gasteiger partial charge in [-0.2, -0.15) is 4.37 Å². The van der Waals surface area contributed by atoms with Crippen molar-refractivity contribution >= 4 is 22.4 Å². The summed E-state index contributed by atoms with van der Waals surface area (Å²) >= 11 is 1.35. The van der Waals surface area contributed by atoms with Crippen molar-refractivity contribution in [2.45, 2.75) is 0 Å². The van der Waals surface area contributed by atoms with E-state index in [1.54, 1.807) is 6.07 Å². The van der Waals surface area contributed by atoms with E-state index in [1.165, 1.54) is 11.5 Å². The average Bonchev–Trinajstić information content (AvgIpc) is 2.13. The Hall–Kier alpha value is -0.810. The van der Waals surface area contributed by atoms with Crippen molar-refractivity contribution in [1.29, 1.82) is 0 Å². The molecule has 0 radical (unpaired) electrons. The Morgan fingerprint density at radius 2 is 2.40 bits per heavy atom. The summed E-state index contributed by atoms with van der Waals surface area (Å²) < 4.78 is 3.90. The molecule has 3 N–H and O–H groups in total. The molecule has 1 rings (SSSR count). The minimum Gasteiger partial charge on any atom is -0.383 e. The van der Waals surface area contributed by atoms with Gasteiger partial charge in [-0.3, -0.25) is 0 Å². The number of hydrogen-bond acceptors (Lipinski definition) is 5. The van der Waals surface area contributed by atoms with Crippen LogP contribution in [0.1, 0.15) is 0 Å². The molecule has 0 atom stereocenters. The molecule has 1 aromatic heterocycles. The van der Waals surface area contributed by atoms with E-state index in [-0.39, 0.29) is 0 Å². The molecule has 0 unspecified atom stereocenters. The Morgan fingerprint density at radius 3 is 2.80 bits per heavy atom. The maximum atomic E-state index is 5.40. The Labute approximate surface area is 63.8 Å². The highest BCUT2D eigenvalue weighted by Gasteiger charge is 1.96. The van der Waals surface area contributed by atoms with E-state index >= 15 is 0 Å². The summed E-state index contributed by atoms with van der Waals surface area (Å²) in [5.41, 5.74) is 8.43. The van der Waals surface area contributed by atoms with Crippen LogP contribution in [0.3, 0.4) is 0 Å². The normalized spacial score (nSPS) is 10.3. The van der Waals surface area contributed by atoms with Gasteiger partial charge < -0.3 is 11.2 Å². The molecular formula is C5H10N4S. The minimum absolute atomic E-state index is 0.564. The molecule has 0 bridgehead atoms. The molecule has 1 aromatic rings. The van der Waals surface area contributed by atoms with E-state index in [4.69, 9.17) is 5.73 Å². The summed E-state index contributed by atoms with van der Waals surface area (Å²) in [5.74, 6) is 0.564. The van der Waals surface area contributed by atoms with Crippen LogP contribution in [0, 0.1) is 0 Å². The third kappa shape index (κ3) is 1.85. The monoisotopic (exact) mass is 158 g/mol. The fourth-order valence-corrected chi connectivity index (χ4v) is 1.22. The molecule has 0 aliphatic heterocycles. The second kappa shape index (κ2) is 2.85. The van der Waals surface area contributed by atoms with E-state index in [1.807, 2.05) is 19.1 Å². The minimum atomic E-state index is 0.564. The average molecular weight is 158 g/mol. The van der Waals surface area contributed by atoms with Crippen LogP contribution in [0.5, 0.6) is 0 Å². The van der Waals surface area contributed by atoms with Crippen molar-refractivity contribution in [2.24, 2.45) is 0 Å². The third-order valence-electron chi connectivity index (χ3n) is 0.862. The van der Waals surface area contributed by atoms with Gasteiger partial charge in [-0.25, -0.2) is 5.01 Å². The Balaban J connectivity index is 2.58. The maximum absolute atomic E-state index is 5.40.